The molecule has 1 aromatic rings. The molecule has 2 N–H and O–H groups in total. The number of carbonyl (C=O) groups is 2. The van der Waals surface area contributed by atoms with E-state index in [4.69, 9.17) is 4.74 Å². The summed E-state index contributed by atoms with van der Waals surface area (Å²) in [6.45, 7) is 8.56. The van der Waals surface area contributed by atoms with Gasteiger partial charge in [0.25, 0.3) is 0 Å². The maximum Gasteiger partial charge on any atom is 0.315 e. The highest BCUT2D eigenvalue weighted by molar-refractivity contribution is 7.15. The smallest absolute Gasteiger partial charge is 0.315 e. The highest BCUT2D eigenvalue weighted by Crippen LogP contribution is 2.20. The van der Waals surface area contributed by atoms with Crippen molar-refractivity contribution >= 4 is 28.3 Å². The van der Waals surface area contributed by atoms with E-state index in [1.807, 2.05) is 13.8 Å². The lowest BCUT2D eigenvalue weighted by atomic mass is 10.3. The maximum atomic E-state index is 11.7. The summed E-state index contributed by atoms with van der Waals surface area (Å²) in [5.74, 6) is -1.28. The fourth-order valence-electron chi connectivity index (χ4n) is 2.09. The summed E-state index contributed by atoms with van der Waals surface area (Å²) in [6, 6.07) is 0. The van der Waals surface area contributed by atoms with Crippen molar-refractivity contribution in [2.75, 3.05) is 44.7 Å². The molecule has 122 valence electrons. The molecule has 0 aliphatic carbocycles. The highest BCUT2D eigenvalue weighted by atomic mass is 32.1. The molecular weight excluding hydrogens is 304 g/mol. The molecule has 0 unspecified atom stereocenters. The summed E-state index contributed by atoms with van der Waals surface area (Å²) in [6.07, 6.45) is 0.814. The van der Waals surface area contributed by atoms with Crippen LogP contribution in [0.15, 0.2) is 0 Å². The van der Waals surface area contributed by atoms with Gasteiger partial charge in [0, 0.05) is 24.5 Å². The molecule has 1 aliphatic rings. The predicted molar refractivity (Wildman–Crippen MR) is 85.1 cm³/mol. The number of nitrogens with zero attached hydrogens (tertiary/aromatic N) is 2. The number of carbonyl (C=O) groups excluding carboxylic acids is 2. The van der Waals surface area contributed by atoms with Gasteiger partial charge in [-0.15, -0.1) is 11.3 Å². The van der Waals surface area contributed by atoms with Gasteiger partial charge in [-0.05, 0) is 26.8 Å². The molecule has 7 nitrogen and oxygen atoms in total. The number of ether oxygens (including phenoxy) is 1. The number of aryl methyl sites for hydroxylation is 2. The van der Waals surface area contributed by atoms with Gasteiger partial charge in [0.2, 0.25) is 0 Å². The zero-order valence-electron chi connectivity index (χ0n) is 13.0. The van der Waals surface area contributed by atoms with Crippen molar-refractivity contribution in [3.8, 4) is 0 Å². The summed E-state index contributed by atoms with van der Waals surface area (Å²) in [4.78, 5) is 31.0. The van der Waals surface area contributed by atoms with E-state index >= 15 is 0 Å². The van der Waals surface area contributed by atoms with Crippen LogP contribution in [0.3, 0.4) is 0 Å². The van der Waals surface area contributed by atoms with Crippen molar-refractivity contribution in [1.82, 2.24) is 15.2 Å². The van der Waals surface area contributed by atoms with Gasteiger partial charge in [0.05, 0.1) is 18.9 Å². The van der Waals surface area contributed by atoms with E-state index in [0.29, 0.717) is 11.7 Å². The van der Waals surface area contributed by atoms with Crippen LogP contribution in [0.5, 0.6) is 0 Å². The number of hydrogen-bond donors (Lipinski definition) is 2. The number of aromatic nitrogens is 1. The van der Waals surface area contributed by atoms with E-state index in [1.165, 1.54) is 11.3 Å². The topological polar surface area (TPSA) is 83.6 Å². The Hall–Kier alpha value is -1.51. The van der Waals surface area contributed by atoms with Gasteiger partial charge in [-0.2, -0.15) is 0 Å². The van der Waals surface area contributed by atoms with Gasteiger partial charge in [-0.1, -0.05) is 0 Å². The third-order valence-electron chi connectivity index (χ3n) is 3.50. The Morgan fingerprint density at radius 2 is 2.00 bits per heavy atom. The van der Waals surface area contributed by atoms with Gasteiger partial charge >= 0.3 is 11.8 Å². The van der Waals surface area contributed by atoms with Crippen LogP contribution in [0, 0.1) is 13.8 Å². The minimum atomic E-state index is -0.667. The zero-order chi connectivity index (χ0) is 15.9. The van der Waals surface area contributed by atoms with Crippen LogP contribution in [-0.4, -0.2) is 61.1 Å². The molecule has 0 bridgehead atoms. The lowest BCUT2D eigenvalue weighted by Crippen LogP contribution is -2.39. The SMILES string of the molecule is Cc1nc(NC(=O)C(=O)NCCCN2CCOCC2)sc1C. The fraction of sp³-hybridized carbons (Fsp3) is 0.643. The first-order valence-electron chi connectivity index (χ1n) is 7.39. The second-order valence-corrected chi connectivity index (χ2v) is 6.38. The summed E-state index contributed by atoms with van der Waals surface area (Å²) in [5.41, 5.74) is 0.867. The van der Waals surface area contributed by atoms with Crippen molar-refractivity contribution in [2.24, 2.45) is 0 Å². The molecule has 1 aromatic heterocycles. The number of thiazole rings is 1. The summed E-state index contributed by atoms with van der Waals surface area (Å²) < 4.78 is 5.27. The summed E-state index contributed by atoms with van der Waals surface area (Å²) >= 11 is 1.37. The highest BCUT2D eigenvalue weighted by Gasteiger charge is 2.16. The largest absolute Gasteiger partial charge is 0.379 e. The Morgan fingerprint density at radius 1 is 1.27 bits per heavy atom. The average molecular weight is 326 g/mol. The van der Waals surface area contributed by atoms with Crippen molar-refractivity contribution in [2.45, 2.75) is 20.3 Å². The first kappa shape index (κ1) is 16.9. The lowest BCUT2D eigenvalue weighted by molar-refractivity contribution is -0.136. The number of rotatable bonds is 5. The van der Waals surface area contributed by atoms with Crippen LogP contribution in [0.1, 0.15) is 17.0 Å². The van der Waals surface area contributed by atoms with Gasteiger partial charge in [-0.3, -0.25) is 19.8 Å². The van der Waals surface area contributed by atoms with Crippen LogP contribution in [0.25, 0.3) is 0 Å². The molecule has 2 rings (SSSR count). The molecule has 0 spiro atoms. The van der Waals surface area contributed by atoms with E-state index in [9.17, 15) is 9.59 Å². The first-order valence-corrected chi connectivity index (χ1v) is 8.21. The van der Waals surface area contributed by atoms with E-state index in [-0.39, 0.29) is 0 Å². The normalized spacial score (nSPS) is 15.5. The number of amides is 2. The molecule has 1 fully saturated rings. The molecule has 0 atom stereocenters. The minimum absolute atomic E-state index is 0.462. The fourth-order valence-corrected chi connectivity index (χ4v) is 2.90. The molecular formula is C14H22N4O3S. The Labute approximate surface area is 134 Å². The molecule has 1 saturated heterocycles. The van der Waals surface area contributed by atoms with E-state index in [2.05, 4.69) is 20.5 Å². The van der Waals surface area contributed by atoms with Gasteiger partial charge in [-0.25, -0.2) is 4.98 Å². The molecule has 0 radical (unpaired) electrons. The van der Waals surface area contributed by atoms with Gasteiger partial charge < -0.3 is 10.1 Å². The Morgan fingerprint density at radius 3 is 2.64 bits per heavy atom. The molecule has 0 saturated carbocycles. The predicted octanol–water partition coefficient (Wildman–Crippen LogP) is 0.537. The van der Waals surface area contributed by atoms with Crippen molar-refractivity contribution < 1.29 is 14.3 Å². The van der Waals surface area contributed by atoms with Crippen LogP contribution >= 0.6 is 11.3 Å². The van der Waals surface area contributed by atoms with E-state index < -0.39 is 11.8 Å². The van der Waals surface area contributed by atoms with Crippen molar-refractivity contribution in [1.29, 1.82) is 0 Å². The molecule has 2 amide bonds. The number of morpholine rings is 1. The molecule has 0 aromatic carbocycles. The molecule has 8 heteroatoms. The van der Waals surface area contributed by atoms with Crippen molar-refractivity contribution in [3.63, 3.8) is 0 Å². The Kier molecular flexibility index (Phi) is 6.29. The number of nitrogens with one attached hydrogen (secondary N) is 2. The summed E-state index contributed by atoms with van der Waals surface area (Å²) in [5, 5.41) is 5.62. The monoisotopic (exact) mass is 326 g/mol. The Balaban J connectivity index is 1.64. The van der Waals surface area contributed by atoms with Crippen LogP contribution in [0.4, 0.5) is 5.13 Å². The second-order valence-electron chi connectivity index (χ2n) is 5.18. The molecule has 22 heavy (non-hydrogen) atoms. The average Bonchev–Trinajstić information content (AvgIpc) is 2.82. The number of anilines is 1. The zero-order valence-corrected chi connectivity index (χ0v) is 13.8. The quantitative estimate of drug-likeness (QED) is 0.609. The Bertz CT molecular complexity index is 507. The van der Waals surface area contributed by atoms with Crippen LogP contribution in [-0.2, 0) is 14.3 Å². The first-order chi connectivity index (χ1) is 10.6. The summed E-state index contributed by atoms with van der Waals surface area (Å²) in [7, 11) is 0. The van der Waals surface area contributed by atoms with Crippen LogP contribution in [0.2, 0.25) is 0 Å². The minimum Gasteiger partial charge on any atom is -0.379 e. The van der Waals surface area contributed by atoms with E-state index in [1.54, 1.807) is 0 Å². The third kappa shape index (κ3) is 5.04. The standard InChI is InChI=1S/C14H22N4O3S/c1-10-11(2)22-14(16-10)17-13(20)12(19)15-4-3-5-18-6-8-21-9-7-18/h3-9H2,1-2H3,(H,15,19)(H,16,17,20). The van der Waals surface area contributed by atoms with E-state index in [0.717, 1.165) is 49.8 Å². The van der Waals surface area contributed by atoms with Crippen LogP contribution < -0.4 is 10.6 Å². The van der Waals surface area contributed by atoms with Gasteiger partial charge in [0.1, 0.15) is 0 Å². The number of hydrogen-bond acceptors (Lipinski definition) is 6. The maximum absolute atomic E-state index is 11.7. The molecule has 1 aliphatic heterocycles. The second kappa shape index (κ2) is 8.21. The van der Waals surface area contributed by atoms with Gasteiger partial charge in [0.15, 0.2) is 5.13 Å². The van der Waals surface area contributed by atoms with Crippen molar-refractivity contribution in [3.05, 3.63) is 10.6 Å². The molecule has 2 heterocycles. The lowest BCUT2D eigenvalue weighted by Gasteiger charge is -2.26. The third-order valence-corrected chi connectivity index (χ3v) is 4.48.